The van der Waals surface area contributed by atoms with Crippen molar-refractivity contribution in [2.75, 3.05) is 19.8 Å². The van der Waals surface area contributed by atoms with Gasteiger partial charge < -0.3 is 15.4 Å². The lowest BCUT2D eigenvalue weighted by Crippen LogP contribution is -2.50. The first-order chi connectivity index (χ1) is 9.90. The minimum Gasteiger partial charge on any atom is -0.377 e. The summed E-state index contributed by atoms with van der Waals surface area (Å²) < 4.78 is 7.12. The number of nitrogens with zero attached hydrogens (tertiary/aromatic N) is 3. The van der Waals surface area contributed by atoms with E-state index >= 15 is 0 Å². The second-order valence-electron chi connectivity index (χ2n) is 5.44. The minimum absolute atomic E-state index is 0.0104. The number of hydrogen-bond donors (Lipinski definition) is 1. The highest BCUT2D eigenvalue weighted by Crippen LogP contribution is 2.17. The molecule has 7 heteroatoms. The highest BCUT2D eigenvalue weighted by molar-refractivity contribution is 5.81. The number of carbonyl (C=O) groups is 2. The van der Waals surface area contributed by atoms with Crippen LogP contribution in [0, 0.1) is 13.8 Å². The summed E-state index contributed by atoms with van der Waals surface area (Å²) in [7, 11) is 1.86. The van der Waals surface area contributed by atoms with Gasteiger partial charge in [0.25, 0.3) is 0 Å². The first-order valence-corrected chi connectivity index (χ1v) is 7.04. The Morgan fingerprint density at radius 2 is 2.14 bits per heavy atom. The molecule has 0 aliphatic carbocycles. The second-order valence-corrected chi connectivity index (χ2v) is 5.44. The van der Waals surface area contributed by atoms with Crippen LogP contribution in [0.1, 0.15) is 23.4 Å². The Morgan fingerprint density at radius 1 is 1.43 bits per heavy atom. The van der Waals surface area contributed by atoms with E-state index in [4.69, 9.17) is 10.5 Å². The molecule has 0 aromatic carbocycles. The number of aromatic nitrogens is 2. The minimum atomic E-state index is -0.419. The van der Waals surface area contributed by atoms with Crippen LogP contribution in [0.3, 0.4) is 0 Å². The summed E-state index contributed by atoms with van der Waals surface area (Å²) >= 11 is 0. The monoisotopic (exact) mass is 294 g/mol. The molecule has 1 aliphatic rings. The maximum Gasteiger partial charge on any atom is 0.227 e. The summed E-state index contributed by atoms with van der Waals surface area (Å²) in [4.78, 5) is 25.4. The fourth-order valence-electron chi connectivity index (χ4n) is 2.71. The number of hydrogen-bond acceptors (Lipinski definition) is 4. The van der Waals surface area contributed by atoms with E-state index in [1.54, 1.807) is 9.58 Å². The van der Waals surface area contributed by atoms with Gasteiger partial charge in [0.2, 0.25) is 11.8 Å². The van der Waals surface area contributed by atoms with Crippen molar-refractivity contribution in [3.8, 4) is 0 Å². The van der Waals surface area contributed by atoms with Gasteiger partial charge in [0, 0.05) is 31.3 Å². The Labute approximate surface area is 124 Å². The van der Waals surface area contributed by atoms with Crippen LogP contribution >= 0.6 is 0 Å². The molecular weight excluding hydrogens is 272 g/mol. The molecule has 0 saturated carbocycles. The molecule has 116 valence electrons. The Balaban J connectivity index is 2.12. The van der Waals surface area contributed by atoms with Crippen LogP contribution in [0.2, 0.25) is 0 Å². The van der Waals surface area contributed by atoms with Gasteiger partial charge in [-0.25, -0.2) is 0 Å². The molecule has 1 aliphatic heterocycles. The lowest BCUT2D eigenvalue weighted by Gasteiger charge is -2.35. The van der Waals surface area contributed by atoms with E-state index in [-0.39, 0.29) is 18.4 Å². The van der Waals surface area contributed by atoms with Gasteiger partial charge in [-0.05, 0) is 13.8 Å². The molecule has 21 heavy (non-hydrogen) atoms. The molecule has 2 heterocycles. The maximum absolute atomic E-state index is 12.6. The fraction of sp³-hybridized carbons (Fsp3) is 0.643. The summed E-state index contributed by atoms with van der Waals surface area (Å²) in [6, 6.07) is -0.263. The van der Waals surface area contributed by atoms with Gasteiger partial charge in [-0.15, -0.1) is 0 Å². The quantitative estimate of drug-likeness (QED) is 0.824. The smallest absolute Gasteiger partial charge is 0.227 e. The number of morpholine rings is 1. The van der Waals surface area contributed by atoms with Gasteiger partial charge >= 0.3 is 0 Å². The van der Waals surface area contributed by atoms with Gasteiger partial charge in [0.1, 0.15) is 0 Å². The number of nitrogens with two attached hydrogens (primary N) is 1. The summed E-state index contributed by atoms with van der Waals surface area (Å²) in [5, 5.41) is 4.32. The topological polar surface area (TPSA) is 90.4 Å². The van der Waals surface area contributed by atoms with Crippen LogP contribution in [0.4, 0.5) is 0 Å². The van der Waals surface area contributed by atoms with Gasteiger partial charge in [0.15, 0.2) is 0 Å². The first-order valence-electron chi connectivity index (χ1n) is 7.04. The average molecular weight is 294 g/mol. The summed E-state index contributed by atoms with van der Waals surface area (Å²) in [6.45, 7) is 5.19. The molecule has 2 amide bonds. The van der Waals surface area contributed by atoms with Crippen molar-refractivity contribution in [3.63, 3.8) is 0 Å². The van der Waals surface area contributed by atoms with Crippen molar-refractivity contribution >= 4 is 11.8 Å². The molecule has 1 unspecified atom stereocenters. The molecule has 1 fully saturated rings. The zero-order valence-corrected chi connectivity index (χ0v) is 12.8. The third-order valence-electron chi connectivity index (χ3n) is 3.97. The highest BCUT2D eigenvalue weighted by Gasteiger charge is 2.29. The predicted octanol–water partition coefficient (Wildman–Crippen LogP) is -0.318. The molecule has 1 atom stereocenters. The second kappa shape index (κ2) is 6.26. The third-order valence-corrected chi connectivity index (χ3v) is 3.97. The van der Waals surface area contributed by atoms with E-state index in [1.165, 1.54) is 0 Å². The van der Waals surface area contributed by atoms with Crippen LogP contribution in [0.15, 0.2) is 0 Å². The summed E-state index contributed by atoms with van der Waals surface area (Å²) in [6.07, 6.45) is 0.428. The normalized spacial score (nSPS) is 18.8. The van der Waals surface area contributed by atoms with Crippen molar-refractivity contribution < 1.29 is 14.3 Å². The summed E-state index contributed by atoms with van der Waals surface area (Å²) in [5.41, 5.74) is 8.05. The SMILES string of the molecule is Cc1nn(C)c(C)c1CC(=O)N1CCOCC1CC(N)=O. The fourth-order valence-corrected chi connectivity index (χ4v) is 2.71. The van der Waals surface area contributed by atoms with Crippen molar-refractivity contribution in [2.24, 2.45) is 12.8 Å². The maximum atomic E-state index is 12.6. The van der Waals surface area contributed by atoms with E-state index < -0.39 is 5.91 Å². The van der Waals surface area contributed by atoms with Crippen molar-refractivity contribution in [1.82, 2.24) is 14.7 Å². The lowest BCUT2D eigenvalue weighted by molar-refractivity contribution is -0.140. The predicted molar refractivity (Wildman–Crippen MR) is 76.5 cm³/mol. The van der Waals surface area contributed by atoms with Gasteiger partial charge in [-0.1, -0.05) is 0 Å². The van der Waals surface area contributed by atoms with E-state index in [0.29, 0.717) is 26.2 Å². The van der Waals surface area contributed by atoms with Gasteiger partial charge in [0.05, 0.1) is 31.4 Å². The molecule has 0 bridgehead atoms. The van der Waals surface area contributed by atoms with Crippen LogP contribution < -0.4 is 5.73 Å². The van der Waals surface area contributed by atoms with E-state index in [9.17, 15) is 9.59 Å². The number of primary amides is 1. The van der Waals surface area contributed by atoms with Gasteiger partial charge in [-0.2, -0.15) is 5.10 Å². The van der Waals surface area contributed by atoms with Crippen LogP contribution in [0.25, 0.3) is 0 Å². The zero-order valence-electron chi connectivity index (χ0n) is 12.8. The van der Waals surface area contributed by atoms with Crippen LogP contribution in [-0.4, -0.2) is 52.3 Å². The van der Waals surface area contributed by atoms with Crippen LogP contribution in [-0.2, 0) is 27.8 Å². The van der Waals surface area contributed by atoms with E-state index in [2.05, 4.69) is 5.10 Å². The Bertz CT molecular complexity index is 553. The third kappa shape index (κ3) is 3.41. The number of aryl methyl sites for hydroxylation is 2. The molecule has 7 nitrogen and oxygen atoms in total. The largest absolute Gasteiger partial charge is 0.377 e. The van der Waals surface area contributed by atoms with E-state index in [0.717, 1.165) is 17.0 Å². The average Bonchev–Trinajstić information content (AvgIpc) is 2.65. The number of amides is 2. The Morgan fingerprint density at radius 3 is 2.71 bits per heavy atom. The number of rotatable bonds is 4. The molecule has 2 N–H and O–H groups in total. The molecular formula is C14H22N4O3. The van der Waals surface area contributed by atoms with Crippen molar-refractivity contribution in [1.29, 1.82) is 0 Å². The molecule has 2 rings (SSSR count). The van der Waals surface area contributed by atoms with Crippen LogP contribution in [0.5, 0.6) is 0 Å². The van der Waals surface area contributed by atoms with Crippen molar-refractivity contribution in [3.05, 3.63) is 17.0 Å². The molecule has 1 aromatic rings. The molecule has 1 saturated heterocycles. The standard InChI is InChI=1S/C14H22N4O3/c1-9-12(10(2)17(3)16-9)7-14(20)18-4-5-21-8-11(18)6-13(15)19/h11H,4-8H2,1-3H3,(H2,15,19). The Kier molecular flexibility index (Phi) is 4.62. The van der Waals surface area contributed by atoms with Crippen molar-refractivity contribution in [2.45, 2.75) is 32.7 Å². The zero-order chi connectivity index (χ0) is 15.6. The lowest BCUT2D eigenvalue weighted by atomic mass is 10.1. The molecule has 0 radical (unpaired) electrons. The van der Waals surface area contributed by atoms with Gasteiger partial charge in [-0.3, -0.25) is 14.3 Å². The first kappa shape index (κ1) is 15.5. The number of ether oxygens (including phenoxy) is 1. The number of carbonyl (C=O) groups excluding carboxylic acids is 2. The highest BCUT2D eigenvalue weighted by atomic mass is 16.5. The summed E-state index contributed by atoms with van der Waals surface area (Å²) in [5.74, 6) is -0.430. The molecule has 0 spiro atoms. The molecule has 1 aromatic heterocycles. The Hall–Kier alpha value is -1.89. The van der Waals surface area contributed by atoms with E-state index in [1.807, 2.05) is 20.9 Å².